The van der Waals surface area contributed by atoms with Crippen LogP contribution in [0.25, 0.3) is 6.08 Å². The van der Waals surface area contributed by atoms with E-state index in [9.17, 15) is 9.59 Å². The third-order valence-electron chi connectivity index (χ3n) is 3.98. The standard InChI is InChI=1S/C19H25NO4/c1-3-23-17-10-6-5-8-15(17)11-12-18(21)20-13-7-9-16(14-20)19(22)24-4-2/h5-6,8,10-12,16H,3-4,7,9,13-14H2,1-2H3/b12-11+/t16-/m0/s1. The maximum absolute atomic E-state index is 12.4. The first-order valence-corrected chi connectivity index (χ1v) is 8.51. The van der Waals surface area contributed by atoms with Crippen LogP contribution in [0.4, 0.5) is 0 Å². The predicted molar refractivity (Wildman–Crippen MR) is 92.6 cm³/mol. The number of amides is 1. The molecule has 0 spiro atoms. The van der Waals surface area contributed by atoms with Crippen molar-refractivity contribution < 1.29 is 19.1 Å². The van der Waals surface area contributed by atoms with Crippen LogP contribution in [0, 0.1) is 5.92 Å². The summed E-state index contributed by atoms with van der Waals surface area (Å²) in [6.45, 7) is 5.77. The van der Waals surface area contributed by atoms with Crippen molar-refractivity contribution in [1.29, 1.82) is 0 Å². The average Bonchev–Trinajstić information content (AvgIpc) is 2.61. The number of likely N-dealkylation sites (tertiary alicyclic amines) is 1. The van der Waals surface area contributed by atoms with E-state index in [0.717, 1.165) is 24.2 Å². The number of nitrogens with zero attached hydrogens (tertiary/aromatic N) is 1. The number of hydrogen-bond acceptors (Lipinski definition) is 4. The molecule has 2 rings (SSSR count). The van der Waals surface area contributed by atoms with Crippen LogP contribution in [0.15, 0.2) is 30.3 Å². The lowest BCUT2D eigenvalue weighted by molar-refractivity contribution is -0.150. The van der Waals surface area contributed by atoms with Gasteiger partial charge in [-0.15, -0.1) is 0 Å². The van der Waals surface area contributed by atoms with E-state index < -0.39 is 0 Å². The van der Waals surface area contributed by atoms with Crippen LogP contribution < -0.4 is 4.74 Å². The summed E-state index contributed by atoms with van der Waals surface area (Å²) in [6.07, 6.45) is 4.91. The molecule has 0 radical (unpaired) electrons. The zero-order valence-corrected chi connectivity index (χ0v) is 14.4. The summed E-state index contributed by atoms with van der Waals surface area (Å²) < 4.78 is 10.6. The van der Waals surface area contributed by atoms with Gasteiger partial charge in [0.25, 0.3) is 0 Å². The van der Waals surface area contributed by atoms with Crippen molar-refractivity contribution >= 4 is 18.0 Å². The number of benzene rings is 1. The lowest BCUT2D eigenvalue weighted by atomic mass is 9.98. The number of carbonyl (C=O) groups excluding carboxylic acids is 2. The lowest BCUT2D eigenvalue weighted by Crippen LogP contribution is -2.42. The number of carbonyl (C=O) groups is 2. The third-order valence-corrected chi connectivity index (χ3v) is 3.98. The zero-order chi connectivity index (χ0) is 17.4. The van der Waals surface area contributed by atoms with Gasteiger partial charge in [0.2, 0.25) is 5.91 Å². The number of para-hydroxylation sites is 1. The smallest absolute Gasteiger partial charge is 0.310 e. The van der Waals surface area contributed by atoms with E-state index in [1.165, 1.54) is 0 Å². The minimum atomic E-state index is -0.216. The van der Waals surface area contributed by atoms with Gasteiger partial charge in [0.05, 0.1) is 19.1 Å². The highest BCUT2D eigenvalue weighted by molar-refractivity contribution is 5.92. The molecule has 1 amide bonds. The molecule has 1 aromatic carbocycles. The Kier molecular flexibility index (Phi) is 6.85. The Labute approximate surface area is 143 Å². The molecule has 24 heavy (non-hydrogen) atoms. The van der Waals surface area contributed by atoms with Gasteiger partial charge in [0.1, 0.15) is 5.75 Å². The lowest BCUT2D eigenvalue weighted by Gasteiger charge is -2.30. The molecule has 5 heteroatoms. The Morgan fingerprint density at radius 1 is 1.25 bits per heavy atom. The van der Waals surface area contributed by atoms with Crippen LogP contribution in [0.2, 0.25) is 0 Å². The summed E-state index contributed by atoms with van der Waals surface area (Å²) in [4.78, 5) is 26.0. The Morgan fingerprint density at radius 3 is 2.79 bits per heavy atom. The summed E-state index contributed by atoms with van der Waals surface area (Å²) in [6, 6.07) is 7.60. The number of ether oxygens (including phenoxy) is 2. The molecule has 1 aliphatic rings. The summed E-state index contributed by atoms with van der Waals surface area (Å²) in [7, 11) is 0. The topological polar surface area (TPSA) is 55.8 Å². The molecule has 5 nitrogen and oxygen atoms in total. The molecule has 1 fully saturated rings. The largest absolute Gasteiger partial charge is 0.493 e. The molecule has 0 saturated carbocycles. The highest BCUT2D eigenvalue weighted by Crippen LogP contribution is 2.21. The van der Waals surface area contributed by atoms with Crippen LogP contribution >= 0.6 is 0 Å². The first-order valence-electron chi connectivity index (χ1n) is 8.51. The molecule has 1 saturated heterocycles. The van der Waals surface area contributed by atoms with Crippen molar-refractivity contribution in [3.8, 4) is 5.75 Å². The third kappa shape index (κ3) is 4.85. The zero-order valence-electron chi connectivity index (χ0n) is 14.4. The van der Waals surface area contributed by atoms with Crippen molar-refractivity contribution in [2.75, 3.05) is 26.3 Å². The molecule has 0 aromatic heterocycles. The van der Waals surface area contributed by atoms with Gasteiger partial charge in [-0.25, -0.2) is 0 Å². The second-order valence-corrected chi connectivity index (χ2v) is 5.68. The second-order valence-electron chi connectivity index (χ2n) is 5.68. The van der Waals surface area contributed by atoms with Crippen LogP contribution in [0.1, 0.15) is 32.3 Å². The van der Waals surface area contributed by atoms with Gasteiger partial charge in [0.15, 0.2) is 0 Å². The van der Waals surface area contributed by atoms with Crippen molar-refractivity contribution in [1.82, 2.24) is 4.90 Å². The molecule has 1 heterocycles. The molecule has 1 atom stereocenters. The maximum Gasteiger partial charge on any atom is 0.310 e. The summed E-state index contributed by atoms with van der Waals surface area (Å²) in [5.74, 6) is 0.245. The van der Waals surface area contributed by atoms with Gasteiger partial charge in [-0.3, -0.25) is 9.59 Å². The van der Waals surface area contributed by atoms with E-state index in [1.807, 2.05) is 31.2 Å². The fraction of sp³-hybridized carbons (Fsp3) is 0.474. The van der Waals surface area contributed by atoms with E-state index in [2.05, 4.69) is 0 Å². The van der Waals surface area contributed by atoms with E-state index in [4.69, 9.17) is 9.47 Å². The van der Waals surface area contributed by atoms with Gasteiger partial charge in [-0.2, -0.15) is 0 Å². The number of hydrogen-bond donors (Lipinski definition) is 0. The second kappa shape index (κ2) is 9.11. The number of esters is 1. The fourth-order valence-electron chi connectivity index (χ4n) is 2.80. The molecule has 0 bridgehead atoms. The SMILES string of the molecule is CCOC(=O)[C@H]1CCCN(C(=O)/C=C/c2ccccc2OCC)C1. The van der Waals surface area contributed by atoms with E-state index >= 15 is 0 Å². The summed E-state index contributed by atoms with van der Waals surface area (Å²) >= 11 is 0. The Morgan fingerprint density at radius 2 is 2.04 bits per heavy atom. The van der Waals surface area contributed by atoms with E-state index in [0.29, 0.717) is 26.3 Å². The molecule has 0 aliphatic carbocycles. The summed E-state index contributed by atoms with van der Waals surface area (Å²) in [5, 5.41) is 0. The van der Waals surface area contributed by atoms with Crippen molar-refractivity contribution in [3.63, 3.8) is 0 Å². The normalized spacial score (nSPS) is 17.8. The van der Waals surface area contributed by atoms with Gasteiger partial charge >= 0.3 is 5.97 Å². The average molecular weight is 331 g/mol. The van der Waals surface area contributed by atoms with E-state index in [-0.39, 0.29) is 17.8 Å². The molecule has 0 unspecified atom stereocenters. The van der Waals surface area contributed by atoms with Gasteiger partial charge < -0.3 is 14.4 Å². The monoisotopic (exact) mass is 331 g/mol. The predicted octanol–water partition coefficient (Wildman–Crippen LogP) is 2.90. The van der Waals surface area contributed by atoms with Gasteiger partial charge in [-0.1, -0.05) is 18.2 Å². The first kappa shape index (κ1) is 18.0. The van der Waals surface area contributed by atoms with Crippen LogP contribution in [-0.4, -0.2) is 43.1 Å². The minimum absolute atomic E-state index is 0.0877. The van der Waals surface area contributed by atoms with Crippen LogP contribution in [0.5, 0.6) is 5.75 Å². The van der Waals surface area contributed by atoms with Crippen LogP contribution in [0.3, 0.4) is 0 Å². The maximum atomic E-state index is 12.4. The quantitative estimate of drug-likeness (QED) is 0.594. The van der Waals surface area contributed by atoms with Crippen LogP contribution in [-0.2, 0) is 14.3 Å². The molecular formula is C19H25NO4. The minimum Gasteiger partial charge on any atom is -0.493 e. The highest BCUT2D eigenvalue weighted by atomic mass is 16.5. The van der Waals surface area contributed by atoms with Gasteiger partial charge in [0, 0.05) is 24.7 Å². The Hall–Kier alpha value is -2.30. The Balaban J connectivity index is 2.00. The van der Waals surface area contributed by atoms with Crippen molar-refractivity contribution in [3.05, 3.63) is 35.9 Å². The van der Waals surface area contributed by atoms with Crippen molar-refractivity contribution in [2.45, 2.75) is 26.7 Å². The molecular weight excluding hydrogens is 306 g/mol. The van der Waals surface area contributed by atoms with Gasteiger partial charge in [-0.05, 0) is 38.8 Å². The fourth-order valence-corrected chi connectivity index (χ4v) is 2.80. The number of rotatable bonds is 6. The Bertz CT molecular complexity index is 597. The first-order chi connectivity index (χ1) is 11.7. The van der Waals surface area contributed by atoms with E-state index in [1.54, 1.807) is 24.0 Å². The molecule has 1 aliphatic heterocycles. The molecule has 1 aromatic rings. The number of piperidine rings is 1. The summed E-state index contributed by atoms with van der Waals surface area (Å²) in [5.41, 5.74) is 0.867. The molecule has 0 N–H and O–H groups in total. The molecule has 130 valence electrons. The van der Waals surface area contributed by atoms with Crippen molar-refractivity contribution in [2.24, 2.45) is 5.92 Å². The highest BCUT2D eigenvalue weighted by Gasteiger charge is 2.28.